The quantitative estimate of drug-likeness (QED) is 0.695. The first-order valence-electron chi connectivity index (χ1n) is 3.28. The second kappa shape index (κ2) is 3.00. The molecule has 0 radical (unpaired) electrons. The summed E-state index contributed by atoms with van der Waals surface area (Å²) in [5.74, 6) is 0. The summed E-state index contributed by atoms with van der Waals surface area (Å²) in [6.45, 7) is 0. The van der Waals surface area contributed by atoms with Gasteiger partial charge in [-0.1, -0.05) is 0 Å². The summed E-state index contributed by atoms with van der Waals surface area (Å²) >= 11 is -4.53. The fourth-order valence-electron chi connectivity index (χ4n) is 0.865. The molecule has 1 aliphatic rings. The summed E-state index contributed by atoms with van der Waals surface area (Å²) < 4.78 is 5.39. The molecule has 4 heteroatoms. The van der Waals surface area contributed by atoms with Gasteiger partial charge in [0.2, 0.25) is 0 Å². The van der Waals surface area contributed by atoms with Crippen molar-refractivity contribution >= 4 is 12.8 Å². The van der Waals surface area contributed by atoms with E-state index in [2.05, 4.69) is 0 Å². The summed E-state index contributed by atoms with van der Waals surface area (Å²) in [5.41, 5.74) is 0. The molecule has 0 fully saturated rings. The van der Waals surface area contributed by atoms with Crippen molar-refractivity contribution in [2.75, 3.05) is 0 Å². The van der Waals surface area contributed by atoms with Crippen LogP contribution in [0.3, 0.4) is 0 Å². The van der Waals surface area contributed by atoms with Crippen LogP contribution in [0.25, 0.3) is 0 Å². The number of allylic oxidation sites excluding steroid dienone is 4. The first kappa shape index (κ1) is 9.99. The molecule has 0 aromatic carbocycles. The average Bonchev–Trinajstić information content (AvgIpc) is 2.71. The van der Waals surface area contributed by atoms with Crippen molar-refractivity contribution in [2.24, 2.45) is 0 Å². The first-order chi connectivity index (χ1) is 6.09. The van der Waals surface area contributed by atoms with Crippen molar-refractivity contribution in [2.45, 2.75) is 11.7 Å². The van der Waals surface area contributed by atoms with Crippen molar-refractivity contribution in [3.63, 3.8) is 0 Å². The van der Waals surface area contributed by atoms with Crippen LogP contribution >= 0.6 is 0 Å². The third-order valence-electron chi connectivity index (χ3n) is 1.69. The van der Waals surface area contributed by atoms with Gasteiger partial charge in [0.1, 0.15) is 0 Å². The Kier molecular flexibility index (Phi) is 2.30. The van der Waals surface area contributed by atoms with Crippen LogP contribution in [0.15, 0.2) is 22.2 Å². The molecular weight excluding hydrogens is 351 g/mol. The molecule has 13 heavy (non-hydrogen) atoms. The minimum absolute atomic E-state index is 0.463. The zero-order chi connectivity index (χ0) is 9.97. The summed E-state index contributed by atoms with van der Waals surface area (Å²) in [4.78, 5) is 32.3. The van der Waals surface area contributed by atoms with E-state index in [9.17, 15) is 14.4 Å². The van der Waals surface area contributed by atoms with Gasteiger partial charge in [-0.05, 0) is 0 Å². The van der Waals surface area contributed by atoms with Gasteiger partial charge in [-0.15, -0.1) is 0 Å². The average molecular weight is 359 g/mol. The van der Waals surface area contributed by atoms with Crippen LogP contribution in [0.2, 0.25) is 5.31 Å². The Labute approximate surface area is 74.7 Å². The van der Waals surface area contributed by atoms with Crippen LogP contribution in [0.1, 0.15) is 6.42 Å². The van der Waals surface area contributed by atoms with Crippen LogP contribution in [0.4, 0.5) is 0 Å². The third kappa shape index (κ3) is 1.29. The van der Waals surface area contributed by atoms with Crippen LogP contribution in [0, 0.1) is 0 Å². The molecule has 72 valence electrons. The van der Waals surface area contributed by atoms with E-state index >= 15 is 0 Å². The van der Waals surface area contributed by atoms with Crippen molar-refractivity contribution < 1.29 is 27.8 Å². The standard InChI is InChI=1S/C5H5.3CO.CH3.Pt/c1-2-4-5-3-1;3*1-2;;/h1-3H,4H2;;;;1H3;. The molecule has 0 bridgehead atoms. The van der Waals surface area contributed by atoms with Crippen LogP contribution in [-0.4, -0.2) is 12.8 Å². The summed E-state index contributed by atoms with van der Waals surface area (Å²) in [5, 5.41) is 1.36. The predicted molar refractivity (Wildman–Crippen MR) is 44.8 cm³/mol. The topological polar surface area (TPSA) is 51.2 Å². The number of hydrogen-bond donors (Lipinski definition) is 0. The fourth-order valence-corrected chi connectivity index (χ4v) is 4.64. The summed E-state index contributed by atoms with van der Waals surface area (Å²) in [7, 11) is 0. The molecule has 0 saturated heterocycles. The Morgan fingerprint density at radius 2 is 1.77 bits per heavy atom. The monoisotopic (exact) mass is 359 g/mol. The van der Waals surface area contributed by atoms with E-state index < -0.39 is 13.4 Å². The molecule has 0 aromatic heterocycles. The number of hydrogen-bond acceptors (Lipinski definition) is 3. The third-order valence-corrected chi connectivity index (χ3v) is 9.66. The van der Waals surface area contributed by atoms with E-state index in [1.165, 1.54) is 5.31 Å². The zero-order valence-corrected chi connectivity index (χ0v) is 9.25. The van der Waals surface area contributed by atoms with E-state index in [1.54, 1.807) is 31.0 Å². The molecule has 1 aliphatic carbocycles. The molecule has 0 saturated carbocycles. The van der Waals surface area contributed by atoms with Crippen LogP contribution in [-0.2, 0) is 27.8 Å². The van der Waals surface area contributed by atoms with E-state index in [-0.39, 0.29) is 0 Å². The van der Waals surface area contributed by atoms with Gasteiger partial charge in [-0.2, -0.15) is 0 Å². The van der Waals surface area contributed by atoms with Gasteiger partial charge in [0.25, 0.3) is 0 Å². The molecule has 0 spiro atoms. The first-order valence-corrected chi connectivity index (χ1v) is 10.1. The molecular formula is C9H8O3Pt. The van der Waals surface area contributed by atoms with Crippen LogP contribution in [0.5, 0.6) is 0 Å². The van der Waals surface area contributed by atoms with E-state index in [4.69, 9.17) is 0 Å². The summed E-state index contributed by atoms with van der Waals surface area (Å²) in [6.07, 6.45) is 5.58. The zero-order valence-electron chi connectivity index (χ0n) is 6.98. The Morgan fingerprint density at radius 1 is 1.23 bits per heavy atom. The maximum atomic E-state index is 10.8. The summed E-state index contributed by atoms with van der Waals surface area (Å²) in [6, 6.07) is 0. The molecule has 0 unspecified atom stereocenters. The van der Waals surface area contributed by atoms with E-state index in [0.717, 1.165) is 0 Å². The van der Waals surface area contributed by atoms with Gasteiger partial charge in [0, 0.05) is 0 Å². The van der Waals surface area contributed by atoms with Crippen molar-refractivity contribution in [1.82, 2.24) is 0 Å². The number of rotatable bonds is 1. The van der Waals surface area contributed by atoms with Gasteiger partial charge in [-0.25, -0.2) is 0 Å². The van der Waals surface area contributed by atoms with Crippen LogP contribution < -0.4 is 0 Å². The molecule has 0 N–H and O–H groups in total. The molecule has 0 heterocycles. The Morgan fingerprint density at radius 3 is 2.08 bits per heavy atom. The second-order valence-electron chi connectivity index (χ2n) is 2.51. The molecule has 1 rings (SSSR count). The molecule has 0 aromatic rings. The minimum atomic E-state index is -4.53. The molecule has 0 atom stereocenters. The van der Waals surface area contributed by atoms with Crippen molar-refractivity contribution in [3.05, 3.63) is 22.2 Å². The van der Waals surface area contributed by atoms with Gasteiger partial charge < -0.3 is 0 Å². The van der Waals surface area contributed by atoms with Gasteiger partial charge in [-0.3, -0.25) is 0 Å². The Balaban J connectivity index is 3.96. The van der Waals surface area contributed by atoms with Gasteiger partial charge in [0.15, 0.2) is 0 Å². The molecule has 3 nitrogen and oxygen atoms in total. The predicted octanol–water partition coefficient (Wildman–Crippen LogP) is 0.770. The van der Waals surface area contributed by atoms with E-state index in [1.807, 2.05) is 0 Å². The van der Waals surface area contributed by atoms with Gasteiger partial charge in [0.05, 0.1) is 0 Å². The SMILES string of the molecule is [CH3][Pt](=[C]=O)(=[C]=O)(=[C]=O)[C]1=CC=CC1. The maximum absolute atomic E-state index is 10.8. The molecule has 0 aliphatic heterocycles. The van der Waals surface area contributed by atoms with Gasteiger partial charge >= 0.3 is 74.5 Å². The van der Waals surface area contributed by atoms with Crippen molar-refractivity contribution in [1.29, 1.82) is 0 Å². The Bertz CT molecular complexity index is 543. The molecule has 0 amide bonds. The number of carbonyl (C=O) groups excluding carboxylic acids is 3. The second-order valence-corrected chi connectivity index (χ2v) is 13.3. The van der Waals surface area contributed by atoms with Crippen molar-refractivity contribution in [3.8, 4) is 0 Å². The normalized spacial score (nSPS) is 17.6. The van der Waals surface area contributed by atoms with E-state index in [0.29, 0.717) is 10.4 Å². The Hall–Kier alpha value is -1.09. The fraction of sp³-hybridized carbons (Fsp3) is 0.222.